The van der Waals surface area contributed by atoms with Crippen molar-refractivity contribution in [2.24, 2.45) is 0 Å². The molecule has 0 heterocycles. The summed E-state index contributed by atoms with van der Waals surface area (Å²) in [5, 5.41) is 3.46. The molecule has 2 nitrogen and oxygen atoms in total. The molecule has 0 saturated carbocycles. The Labute approximate surface area is 121 Å². The van der Waals surface area contributed by atoms with E-state index in [0.717, 1.165) is 18.0 Å². The first-order chi connectivity index (χ1) is 9.54. The Morgan fingerprint density at radius 1 is 1.00 bits per heavy atom. The highest BCUT2D eigenvalue weighted by molar-refractivity contribution is 5.56. The van der Waals surface area contributed by atoms with Crippen LogP contribution in [0.1, 0.15) is 30.5 Å². The van der Waals surface area contributed by atoms with Crippen molar-refractivity contribution >= 4 is 5.69 Å². The van der Waals surface area contributed by atoms with Crippen molar-refractivity contribution in [3.8, 4) is 5.75 Å². The number of hydrogen-bond acceptors (Lipinski definition) is 2. The molecular formula is C18H23NO. The van der Waals surface area contributed by atoms with E-state index in [1.54, 1.807) is 0 Å². The molecule has 0 atom stereocenters. The number of ether oxygens (including phenoxy) is 1. The van der Waals surface area contributed by atoms with Gasteiger partial charge in [0.15, 0.2) is 0 Å². The van der Waals surface area contributed by atoms with Crippen molar-refractivity contribution in [2.45, 2.75) is 40.3 Å². The van der Waals surface area contributed by atoms with Gasteiger partial charge in [0.25, 0.3) is 0 Å². The van der Waals surface area contributed by atoms with Crippen LogP contribution in [0.3, 0.4) is 0 Å². The van der Waals surface area contributed by atoms with E-state index < -0.39 is 0 Å². The zero-order valence-corrected chi connectivity index (χ0v) is 12.7. The smallest absolute Gasteiger partial charge is 0.142 e. The molecule has 2 rings (SSSR count). The third kappa shape index (κ3) is 4.02. The van der Waals surface area contributed by atoms with Crippen LogP contribution in [0.2, 0.25) is 0 Å². The van der Waals surface area contributed by atoms with Crippen LogP contribution >= 0.6 is 0 Å². The predicted octanol–water partition coefficient (Wildman–Crippen LogP) is 4.70. The van der Waals surface area contributed by atoms with Gasteiger partial charge in [0.1, 0.15) is 5.75 Å². The number of aryl methyl sites for hydroxylation is 2. The molecule has 2 aromatic carbocycles. The van der Waals surface area contributed by atoms with Gasteiger partial charge in [-0.05, 0) is 45.4 Å². The molecule has 0 aliphatic carbocycles. The maximum atomic E-state index is 5.82. The Morgan fingerprint density at radius 2 is 1.65 bits per heavy atom. The van der Waals surface area contributed by atoms with Gasteiger partial charge in [-0.2, -0.15) is 0 Å². The second kappa shape index (κ2) is 6.47. The summed E-state index contributed by atoms with van der Waals surface area (Å²) in [5.74, 6) is 0.909. The Hall–Kier alpha value is -1.96. The molecule has 0 unspecified atom stereocenters. The minimum atomic E-state index is 0.180. The topological polar surface area (TPSA) is 21.3 Å². The van der Waals surface area contributed by atoms with Crippen LogP contribution in [0, 0.1) is 13.8 Å². The highest BCUT2D eigenvalue weighted by Gasteiger charge is 2.04. The fourth-order valence-electron chi connectivity index (χ4n) is 2.34. The SMILES string of the molecule is Cc1cc(C)cc(CNc2ccccc2OC(C)C)c1. The highest BCUT2D eigenvalue weighted by atomic mass is 16.5. The van der Waals surface area contributed by atoms with Crippen LogP contribution in [0.5, 0.6) is 5.75 Å². The second-order valence-electron chi connectivity index (χ2n) is 5.51. The highest BCUT2D eigenvalue weighted by Crippen LogP contribution is 2.25. The zero-order chi connectivity index (χ0) is 14.5. The van der Waals surface area contributed by atoms with Crippen molar-refractivity contribution in [3.63, 3.8) is 0 Å². The van der Waals surface area contributed by atoms with Crippen molar-refractivity contribution in [3.05, 3.63) is 59.2 Å². The van der Waals surface area contributed by atoms with Crippen molar-refractivity contribution in [2.75, 3.05) is 5.32 Å². The van der Waals surface area contributed by atoms with Gasteiger partial charge in [0.05, 0.1) is 11.8 Å². The Balaban J connectivity index is 2.10. The minimum Gasteiger partial charge on any atom is -0.489 e. The zero-order valence-electron chi connectivity index (χ0n) is 12.7. The summed E-state index contributed by atoms with van der Waals surface area (Å²) in [5.41, 5.74) is 4.93. The number of benzene rings is 2. The summed E-state index contributed by atoms with van der Waals surface area (Å²) in [7, 11) is 0. The minimum absolute atomic E-state index is 0.180. The summed E-state index contributed by atoms with van der Waals surface area (Å²) >= 11 is 0. The molecule has 20 heavy (non-hydrogen) atoms. The number of nitrogens with one attached hydrogen (secondary N) is 1. The Bertz CT molecular complexity index is 555. The van der Waals surface area contributed by atoms with Gasteiger partial charge in [-0.1, -0.05) is 41.5 Å². The molecule has 1 N–H and O–H groups in total. The molecule has 0 aliphatic rings. The first kappa shape index (κ1) is 14.4. The summed E-state index contributed by atoms with van der Waals surface area (Å²) < 4.78 is 5.82. The molecule has 0 aliphatic heterocycles. The fraction of sp³-hybridized carbons (Fsp3) is 0.333. The number of hydrogen-bond donors (Lipinski definition) is 1. The van der Waals surface area contributed by atoms with Gasteiger partial charge in [0.2, 0.25) is 0 Å². The van der Waals surface area contributed by atoms with Crippen LogP contribution in [-0.4, -0.2) is 6.10 Å². The van der Waals surface area contributed by atoms with Gasteiger partial charge in [-0.25, -0.2) is 0 Å². The number of para-hydroxylation sites is 2. The lowest BCUT2D eigenvalue weighted by Crippen LogP contribution is -2.08. The summed E-state index contributed by atoms with van der Waals surface area (Å²) in [6, 6.07) is 14.7. The van der Waals surface area contributed by atoms with Crippen LogP contribution < -0.4 is 10.1 Å². The Kier molecular flexibility index (Phi) is 4.67. The van der Waals surface area contributed by atoms with Gasteiger partial charge < -0.3 is 10.1 Å². The normalized spacial score (nSPS) is 10.7. The van der Waals surface area contributed by atoms with Gasteiger partial charge in [-0.15, -0.1) is 0 Å². The quantitative estimate of drug-likeness (QED) is 0.849. The molecular weight excluding hydrogens is 246 g/mol. The second-order valence-corrected chi connectivity index (χ2v) is 5.51. The first-order valence-electron chi connectivity index (χ1n) is 7.11. The van der Waals surface area contributed by atoms with Crippen LogP contribution in [0.4, 0.5) is 5.69 Å². The molecule has 0 fully saturated rings. The maximum Gasteiger partial charge on any atom is 0.142 e. The van der Waals surface area contributed by atoms with Crippen molar-refractivity contribution in [1.82, 2.24) is 0 Å². The van der Waals surface area contributed by atoms with E-state index >= 15 is 0 Å². The Morgan fingerprint density at radius 3 is 2.30 bits per heavy atom. The number of rotatable bonds is 5. The van der Waals surface area contributed by atoms with E-state index in [0.29, 0.717) is 0 Å². The molecule has 0 radical (unpaired) electrons. The molecule has 106 valence electrons. The van der Waals surface area contributed by atoms with Crippen LogP contribution in [0.25, 0.3) is 0 Å². The molecule has 0 amide bonds. The van der Waals surface area contributed by atoms with Crippen LogP contribution in [0.15, 0.2) is 42.5 Å². The van der Waals surface area contributed by atoms with E-state index in [2.05, 4.69) is 43.4 Å². The molecule has 2 aromatic rings. The fourth-order valence-corrected chi connectivity index (χ4v) is 2.34. The molecule has 2 heteroatoms. The lowest BCUT2D eigenvalue weighted by molar-refractivity contribution is 0.243. The maximum absolute atomic E-state index is 5.82. The van der Waals surface area contributed by atoms with E-state index in [9.17, 15) is 0 Å². The van der Waals surface area contributed by atoms with E-state index in [4.69, 9.17) is 4.74 Å². The lowest BCUT2D eigenvalue weighted by atomic mass is 10.1. The summed E-state index contributed by atoms with van der Waals surface area (Å²) in [4.78, 5) is 0. The first-order valence-corrected chi connectivity index (χ1v) is 7.11. The van der Waals surface area contributed by atoms with Crippen molar-refractivity contribution < 1.29 is 4.74 Å². The van der Waals surface area contributed by atoms with E-state index in [-0.39, 0.29) is 6.10 Å². The lowest BCUT2D eigenvalue weighted by Gasteiger charge is -2.15. The monoisotopic (exact) mass is 269 g/mol. The molecule has 0 saturated heterocycles. The summed E-state index contributed by atoms with van der Waals surface area (Å²) in [6.07, 6.45) is 0.180. The van der Waals surface area contributed by atoms with Gasteiger partial charge in [-0.3, -0.25) is 0 Å². The van der Waals surface area contributed by atoms with E-state index in [1.165, 1.54) is 16.7 Å². The standard InChI is InChI=1S/C18H23NO/c1-13(2)20-18-8-6-5-7-17(18)19-12-16-10-14(3)9-15(4)11-16/h5-11,13,19H,12H2,1-4H3. The number of anilines is 1. The predicted molar refractivity (Wildman–Crippen MR) is 85.4 cm³/mol. The molecule has 0 spiro atoms. The van der Waals surface area contributed by atoms with Crippen molar-refractivity contribution in [1.29, 1.82) is 0 Å². The molecule has 0 aromatic heterocycles. The third-order valence-electron chi connectivity index (χ3n) is 3.01. The summed E-state index contributed by atoms with van der Waals surface area (Å²) in [6.45, 7) is 9.15. The van der Waals surface area contributed by atoms with Gasteiger partial charge >= 0.3 is 0 Å². The average Bonchev–Trinajstić information content (AvgIpc) is 2.36. The van der Waals surface area contributed by atoms with Gasteiger partial charge in [0, 0.05) is 6.54 Å². The van der Waals surface area contributed by atoms with E-state index in [1.807, 2.05) is 32.0 Å². The average molecular weight is 269 g/mol. The van der Waals surface area contributed by atoms with Crippen LogP contribution in [-0.2, 0) is 6.54 Å². The largest absolute Gasteiger partial charge is 0.489 e. The molecule has 0 bridgehead atoms. The third-order valence-corrected chi connectivity index (χ3v) is 3.01.